The number of aromatic nitrogens is 1. The molecule has 3 heterocycles. The zero-order valence-electron chi connectivity index (χ0n) is 19.3. The number of fused-ring (bicyclic) bond motifs is 2. The Kier molecular flexibility index (Phi) is 6.78. The Labute approximate surface area is 196 Å². The van der Waals surface area contributed by atoms with Crippen molar-refractivity contribution < 1.29 is 30.9 Å². The van der Waals surface area contributed by atoms with Crippen LogP contribution in [0.3, 0.4) is 0 Å². The van der Waals surface area contributed by atoms with Crippen LogP contribution in [0, 0.1) is 43.1 Å². The van der Waals surface area contributed by atoms with Gasteiger partial charge in [0, 0.05) is 18.2 Å². The van der Waals surface area contributed by atoms with Gasteiger partial charge in [0.2, 0.25) is 15.9 Å². The maximum absolute atomic E-state index is 14.1. The van der Waals surface area contributed by atoms with Gasteiger partial charge in [-0.1, -0.05) is 12.1 Å². The lowest BCUT2D eigenvalue weighted by molar-refractivity contribution is -0.135. The second-order valence-electron chi connectivity index (χ2n) is 9.43. The molecule has 0 aliphatic carbocycles. The molecule has 2 bridgehead atoms. The van der Waals surface area contributed by atoms with Crippen LogP contribution in [0.2, 0.25) is 0 Å². The summed E-state index contributed by atoms with van der Waals surface area (Å²) in [6.07, 6.45) is 3.31. The zero-order chi connectivity index (χ0) is 24.8. The molecule has 7 nitrogen and oxygen atoms in total. The lowest BCUT2D eigenvalue weighted by atomic mass is 9.79. The molecule has 1 aromatic carbocycles. The van der Waals surface area contributed by atoms with Crippen molar-refractivity contribution in [2.75, 3.05) is 6.54 Å². The number of carbonyl (C=O) groups excluding carboxylic acids is 1. The monoisotopic (exact) mass is 499 g/mol. The molecule has 4 rings (SSSR count). The molecule has 2 aliphatic heterocycles. The molecule has 34 heavy (non-hydrogen) atoms. The Morgan fingerprint density at radius 2 is 1.76 bits per heavy atom. The van der Waals surface area contributed by atoms with Crippen molar-refractivity contribution in [2.45, 2.75) is 69.9 Å². The van der Waals surface area contributed by atoms with E-state index < -0.39 is 27.5 Å². The summed E-state index contributed by atoms with van der Waals surface area (Å²) in [4.78, 5) is 14.7. The highest BCUT2D eigenvalue weighted by Crippen LogP contribution is 2.42. The van der Waals surface area contributed by atoms with E-state index in [4.69, 9.17) is 4.52 Å². The van der Waals surface area contributed by atoms with Crippen LogP contribution >= 0.6 is 0 Å². The van der Waals surface area contributed by atoms with Gasteiger partial charge in [-0.05, 0) is 69.4 Å². The number of halogens is 3. The van der Waals surface area contributed by atoms with Crippen molar-refractivity contribution in [2.24, 2.45) is 11.8 Å². The SMILES string of the molecule is Cc1noc(C)c1S(=O)(=O)NCC(=O)N1[C@@H]2CC[C@H]1C[C@H]([C@H](C)Cc1cc(F)c(F)cc1F)C2. The van der Waals surface area contributed by atoms with Crippen LogP contribution in [0.4, 0.5) is 13.2 Å². The van der Waals surface area contributed by atoms with E-state index in [0.29, 0.717) is 18.9 Å². The van der Waals surface area contributed by atoms with E-state index in [-0.39, 0.29) is 64.7 Å². The molecule has 0 unspecified atom stereocenters. The van der Waals surface area contributed by atoms with E-state index in [1.165, 1.54) is 13.8 Å². The number of nitrogens with one attached hydrogen (secondary N) is 1. The molecule has 0 saturated carbocycles. The number of sulfonamides is 1. The van der Waals surface area contributed by atoms with Gasteiger partial charge in [0.25, 0.3) is 0 Å². The lowest BCUT2D eigenvalue weighted by Gasteiger charge is -2.41. The normalized spacial score (nSPS) is 23.4. The highest BCUT2D eigenvalue weighted by Gasteiger charge is 2.44. The van der Waals surface area contributed by atoms with Crippen LogP contribution < -0.4 is 4.72 Å². The van der Waals surface area contributed by atoms with Gasteiger partial charge in [-0.25, -0.2) is 26.3 Å². The minimum absolute atomic E-state index is 0.0118. The predicted molar refractivity (Wildman–Crippen MR) is 117 cm³/mol. The first-order chi connectivity index (χ1) is 16.0. The van der Waals surface area contributed by atoms with Crippen LogP contribution in [0.5, 0.6) is 0 Å². The van der Waals surface area contributed by atoms with Crippen LogP contribution in [0.15, 0.2) is 21.6 Å². The number of amides is 1. The molecule has 2 aliphatic rings. The molecule has 2 fully saturated rings. The number of benzene rings is 1. The molecule has 2 saturated heterocycles. The van der Waals surface area contributed by atoms with E-state index in [1.807, 2.05) is 6.92 Å². The summed E-state index contributed by atoms with van der Waals surface area (Å²) in [5, 5.41) is 3.65. The summed E-state index contributed by atoms with van der Waals surface area (Å²) in [5.41, 5.74) is 0.371. The highest BCUT2D eigenvalue weighted by atomic mass is 32.2. The van der Waals surface area contributed by atoms with E-state index in [9.17, 15) is 26.4 Å². The fraction of sp³-hybridized carbons (Fsp3) is 0.565. The maximum atomic E-state index is 14.1. The van der Waals surface area contributed by atoms with Gasteiger partial charge < -0.3 is 9.42 Å². The quantitative estimate of drug-likeness (QED) is 0.588. The van der Waals surface area contributed by atoms with Gasteiger partial charge in [0.05, 0.1) is 6.54 Å². The average Bonchev–Trinajstić information content (AvgIpc) is 3.25. The number of nitrogens with zero attached hydrogens (tertiary/aromatic N) is 2. The van der Waals surface area contributed by atoms with Crippen LogP contribution in [0.1, 0.15) is 49.6 Å². The smallest absolute Gasteiger partial charge is 0.246 e. The van der Waals surface area contributed by atoms with Crippen molar-refractivity contribution in [1.29, 1.82) is 0 Å². The molecule has 2 aromatic rings. The molecule has 1 amide bonds. The third-order valence-electron chi connectivity index (χ3n) is 7.14. The van der Waals surface area contributed by atoms with Gasteiger partial charge in [0.1, 0.15) is 16.4 Å². The summed E-state index contributed by atoms with van der Waals surface area (Å²) in [6, 6.07) is 1.43. The molecule has 1 N–H and O–H groups in total. The summed E-state index contributed by atoms with van der Waals surface area (Å²) in [6.45, 7) is 4.61. The Morgan fingerprint density at radius 1 is 1.15 bits per heavy atom. The molecule has 186 valence electrons. The van der Waals surface area contributed by atoms with Gasteiger partial charge in [-0.15, -0.1) is 0 Å². The van der Waals surface area contributed by atoms with Crippen molar-refractivity contribution in [3.63, 3.8) is 0 Å². The second-order valence-corrected chi connectivity index (χ2v) is 11.1. The fourth-order valence-electron chi connectivity index (χ4n) is 5.50. The Hall–Kier alpha value is -2.40. The van der Waals surface area contributed by atoms with Crippen LogP contribution in [-0.2, 0) is 21.2 Å². The third kappa shape index (κ3) is 4.72. The van der Waals surface area contributed by atoms with Gasteiger partial charge in [-0.3, -0.25) is 4.79 Å². The van der Waals surface area contributed by atoms with Gasteiger partial charge in [0.15, 0.2) is 17.4 Å². The highest BCUT2D eigenvalue weighted by molar-refractivity contribution is 7.89. The molecule has 11 heteroatoms. The first kappa shape index (κ1) is 24.7. The Morgan fingerprint density at radius 3 is 2.35 bits per heavy atom. The molecule has 4 atom stereocenters. The van der Waals surface area contributed by atoms with E-state index in [2.05, 4.69) is 9.88 Å². The summed E-state index contributed by atoms with van der Waals surface area (Å²) in [5.74, 6) is -2.96. The first-order valence-corrected chi connectivity index (χ1v) is 12.8. The average molecular weight is 500 g/mol. The topological polar surface area (TPSA) is 92.5 Å². The van der Waals surface area contributed by atoms with Crippen molar-refractivity contribution in [1.82, 2.24) is 14.8 Å². The molecular formula is C23H28F3N3O4S. The molecular weight excluding hydrogens is 471 g/mol. The van der Waals surface area contributed by atoms with E-state index in [1.54, 1.807) is 4.90 Å². The van der Waals surface area contributed by atoms with E-state index in [0.717, 1.165) is 18.9 Å². The van der Waals surface area contributed by atoms with Crippen LogP contribution in [0.25, 0.3) is 0 Å². The number of rotatable bonds is 7. The Bertz CT molecular complexity index is 1170. The van der Waals surface area contributed by atoms with Gasteiger partial charge in [-0.2, -0.15) is 0 Å². The van der Waals surface area contributed by atoms with Crippen molar-refractivity contribution >= 4 is 15.9 Å². The largest absolute Gasteiger partial charge is 0.360 e. The lowest BCUT2D eigenvalue weighted by Crippen LogP contribution is -2.51. The number of hydrogen-bond acceptors (Lipinski definition) is 5. The molecule has 0 spiro atoms. The minimum atomic E-state index is -3.94. The zero-order valence-corrected chi connectivity index (χ0v) is 20.1. The Balaban J connectivity index is 1.38. The number of aryl methyl sites for hydroxylation is 2. The van der Waals surface area contributed by atoms with Crippen molar-refractivity contribution in [3.8, 4) is 0 Å². The third-order valence-corrected chi connectivity index (χ3v) is 8.79. The summed E-state index contributed by atoms with van der Waals surface area (Å²) < 4.78 is 73.4. The number of carbonyl (C=O) groups is 1. The van der Waals surface area contributed by atoms with Crippen molar-refractivity contribution in [3.05, 3.63) is 46.6 Å². The minimum Gasteiger partial charge on any atom is -0.360 e. The molecule has 0 radical (unpaired) electrons. The standard InChI is InChI=1S/C23H28F3N3O4S/c1-12(6-16-9-20(25)21(26)10-19(16)24)15-7-17-4-5-18(8-15)29(17)22(30)11-27-34(31,32)23-13(2)28-33-14(23)3/h9-10,12,15,17-18,27H,4-8,11H2,1-3H3/t12-,15-,17-,18+/m1/s1. The summed E-state index contributed by atoms with van der Waals surface area (Å²) in [7, 11) is -3.94. The number of piperidine rings is 1. The van der Waals surface area contributed by atoms with Crippen LogP contribution in [-0.4, -0.2) is 43.0 Å². The fourth-order valence-corrected chi connectivity index (χ4v) is 6.80. The molecule has 1 aromatic heterocycles. The van der Waals surface area contributed by atoms with Gasteiger partial charge >= 0.3 is 0 Å². The predicted octanol–water partition coefficient (Wildman–Crippen LogP) is 3.64. The second kappa shape index (κ2) is 9.33. The summed E-state index contributed by atoms with van der Waals surface area (Å²) >= 11 is 0. The van der Waals surface area contributed by atoms with E-state index >= 15 is 0 Å². The maximum Gasteiger partial charge on any atom is 0.246 e. The first-order valence-electron chi connectivity index (χ1n) is 11.3. The number of hydrogen-bond donors (Lipinski definition) is 1.